The second-order valence-electron chi connectivity index (χ2n) is 2.45. The Hall–Kier alpha value is -0.0800. The molecule has 0 rings (SSSR count). The summed E-state index contributed by atoms with van der Waals surface area (Å²) in [6.45, 7) is 8.23. The van der Waals surface area contributed by atoms with Crippen LogP contribution in [0.1, 0.15) is 20.3 Å². The van der Waals surface area contributed by atoms with Gasteiger partial charge in [-0.15, -0.1) is 0 Å². The van der Waals surface area contributed by atoms with Gasteiger partial charge in [0, 0.05) is 19.8 Å². The SMILES string of the molecule is CCOCCCN(C)CC. The van der Waals surface area contributed by atoms with E-state index in [1.54, 1.807) is 0 Å². The Morgan fingerprint density at radius 2 is 2.00 bits per heavy atom. The van der Waals surface area contributed by atoms with Crippen molar-refractivity contribution in [2.45, 2.75) is 20.3 Å². The van der Waals surface area contributed by atoms with E-state index in [2.05, 4.69) is 18.9 Å². The summed E-state index contributed by atoms with van der Waals surface area (Å²) in [5.74, 6) is 0. The number of nitrogens with zero attached hydrogens (tertiary/aromatic N) is 1. The van der Waals surface area contributed by atoms with Gasteiger partial charge in [-0.1, -0.05) is 6.92 Å². The molecule has 0 radical (unpaired) electrons. The van der Waals surface area contributed by atoms with Crippen LogP contribution in [0.3, 0.4) is 0 Å². The lowest BCUT2D eigenvalue weighted by Crippen LogP contribution is -2.19. The molecule has 0 saturated carbocycles. The standard InChI is InChI=1S/C8H19NO/c1-4-9(3)7-6-8-10-5-2/h4-8H2,1-3H3. The zero-order valence-electron chi connectivity index (χ0n) is 7.39. The minimum Gasteiger partial charge on any atom is -0.382 e. The van der Waals surface area contributed by atoms with Crippen molar-refractivity contribution in [3.05, 3.63) is 0 Å². The van der Waals surface area contributed by atoms with E-state index in [0.717, 1.165) is 32.7 Å². The van der Waals surface area contributed by atoms with Crippen molar-refractivity contribution in [2.24, 2.45) is 0 Å². The van der Waals surface area contributed by atoms with E-state index in [-0.39, 0.29) is 0 Å². The monoisotopic (exact) mass is 145 g/mol. The van der Waals surface area contributed by atoms with Crippen molar-refractivity contribution in [3.8, 4) is 0 Å². The lowest BCUT2D eigenvalue weighted by molar-refractivity contribution is 0.136. The maximum absolute atomic E-state index is 5.20. The van der Waals surface area contributed by atoms with Gasteiger partial charge in [-0.3, -0.25) is 0 Å². The molecule has 0 saturated heterocycles. The van der Waals surface area contributed by atoms with Crippen molar-refractivity contribution >= 4 is 0 Å². The molecule has 10 heavy (non-hydrogen) atoms. The van der Waals surface area contributed by atoms with Crippen LogP contribution in [0.2, 0.25) is 0 Å². The van der Waals surface area contributed by atoms with Gasteiger partial charge in [0.15, 0.2) is 0 Å². The highest BCUT2D eigenvalue weighted by atomic mass is 16.5. The molecule has 0 spiro atoms. The smallest absolute Gasteiger partial charge is 0.0478 e. The third-order valence-corrected chi connectivity index (χ3v) is 1.57. The summed E-state index contributed by atoms with van der Waals surface area (Å²) in [7, 11) is 2.13. The molecule has 0 aromatic carbocycles. The van der Waals surface area contributed by atoms with Crippen LogP contribution in [-0.4, -0.2) is 38.3 Å². The molecule has 0 bridgehead atoms. The maximum Gasteiger partial charge on any atom is 0.0478 e. The Labute approximate surface area is 64.2 Å². The third kappa shape index (κ3) is 6.05. The summed E-state index contributed by atoms with van der Waals surface area (Å²) < 4.78 is 5.20. The van der Waals surface area contributed by atoms with Crippen molar-refractivity contribution in [1.82, 2.24) is 4.90 Å². The normalized spacial score (nSPS) is 10.8. The van der Waals surface area contributed by atoms with Crippen molar-refractivity contribution < 1.29 is 4.74 Å². The minimum absolute atomic E-state index is 0.843. The number of hydrogen-bond donors (Lipinski definition) is 0. The highest BCUT2D eigenvalue weighted by Gasteiger charge is 1.92. The second-order valence-corrected chi connectivity index (χ2v) is 2.45. The predicted octanol–water partition coefficient (Wildman–Crippen LogP) is 1.36. The van der Waals surface area contributed by atoms with Crippen LogP contribution in [0.25, 0.3) is 0 Å². The fraction of sp³-hybridized carbons (Fsp3) is 1.00. The summed E-state index contributed by atoms with van der Waals surface area (Å²) in [5.41, 5.74) is 0. The summed E-state index contributed by atoms with van der Waals surface area (Å²) in [6, 6.07) is 0. The van der Waals surface area contributed by atoms with Crippen molar-refractivity contribution in [1.29, 1.82) is 0 Å². The molecular weight excluding hydrogens is 126 g/mol. The Morgan fingerprint density at radius 3 is 2.50 bits per heavy atom. The molecule has 2 heteroatoms. The van der Waals surface area contributed by atoms with Crippen LogP contribution in [-0.2, 0) is 4.74 Å². The fourth-order valence-electron chi connectivity index (χ4n) is 0.739. The first kappa shape index (κ1) is 9.92. The molecule has 0 unspecified atom stereocenters. The zero-order valence-corrected chi connectivity index (χ0v) is 7.39. The van der Waals surface area contributed by atoms with Gasteiger partial charge in [0.1, 0.15) is 0 Å². The largest absolute Gasteiger partial charge is 0.382 e. The predicted molar refractivity (Wildman–Crippen MR) is 44.3 cm³/mol. The Morgan fingerprint density at radius 1 is 1.30 bits per heavy atom. The topological polar surface area (TPSA) is 12.5 Å². The van der Waals surface area contributed by atoms with Gasteiger partial charge >= 0.3 is 0 Å². The van der Waals surface area contributed by atoms with E-state index in [1.165, 1.54) is 0 Å². The molecule has 0 fully saturated rings. The minimum atomic E-state index is 0.843. The van der Waals surface area contributed by atoms with Crippen molar-refractivity contribution in [3.63, 3.8) is 0 Å². The van der Waals surface area contributed by atoms with E-state index in [0.29, 0.717) is 0 Å². The molecule has 0 atom stereocenters. The van der Waals surface area contributed by atoms with Gasteiger partial charge in [-0.2, -0.15) is 0 Å². The second kappa shape index (κ2) is 7.03. The molecule has 62 valence electrons. The molecular formula is C8H19NO. The summed E-state index contributed by atoms with van der Waals surface area (Å²) in [6.07, 6.45) is 1.15. The summed E-state index contributed by atoms with van der Waals surface area (Å²) in [5, 5.41) is 0. The lowest BCUT2D eigenvalue weighted by Gasteiger charge is -2.12. The number of ether oxygens (including phenoxy) is 1. The summed E-state index contributed by atoms with van der Waals surface area (Å²) >= 11 is 0. The molecule has 0 aromatic rings. The van der Waals surface area contributed by atoms with E-state index < -0.39 is 0 Å². The van der Waals surface area contributed by atoms with Crippen LogP contribution in [0.15, 0.2) is 0 Å². The van der Waals surface area contributed by atoms with Gasteiger partial charge in [-0.05, 0) is 26.9 Å². The van der Waals surface area contributed by atoms with E-state index in [1.807, 2.05) is 6.92 Å². The Kier molecular flexibility index (Phi) is 6.98. The van der Waals surface area contributed by atoms with E-state index in [4.69, 9.17) is 4.74 Å². The molecule has 0 aromatic heterocycles. The Balaban J connectivity index is 2.89. The highest BCUT2D eigenvalue weighted by Crippen LogP contribution is 1.87. The molecule has 2 nitrogen and oxygen atoms in total. The maximum atomic E-state index is 5.20. The average Bonchev–Trinajstić information content (AvgIpc) is 1.98. The zero-order chi connectivity index (χ0) is 7.82. The van der Waals surface area contributed by atoms with Gasteiger partial charge in [-0.25, -0.2) is 0 Å². The molecule has 0 heterocycles. The Bertz CT molecular complexity index is 66.3. The van der Waals surface area contributed by atoms with Crippen LogP contribution in [0.4, 0.5) is 0 Å². The first-order valence-electron chi connectivity index (χ1n) is 4.07. The van der Waals surface area contributed by atoms with Gasteiger partial charge in [0.2, 0.25) is 0 Å². The van der Waals surface area contributed by atoms with E-state index >= 15 is 0 Å². The van der Waals surface area contributed by atoms with Crippen molar-refractivity contribution in [2.75, 3.05) is 33.4 Å². The van der Waals surface area contributed by atoms with Crippen LogP contribution in [0, 0.1) is 0 Å². The molecule has 0 aliphatic rings. The molecule has 0 amide bonds. The van der Waals surface area contributed by atoms with Crippen LogP contribution in [0.5, 0.6) is 0 Å². The third-order valence-electron chi connectivity index (χ3n) is 1.57. The summed E-state index contributed by atoms with van der Waals surface area (Å²) in [4.78, 5) is 2.29. The van der Waals surface area contributed by atoms with Gasteiger partial charge in [0.05, 0.1) is 0 Å². The molecule has 0 aliphatic heterocycles. The quantitative estimate of drug-likeness (QED) is 0.523. The molecule has 0 aliphatic carbocycles. The number of rotatable bonds is 6. The lowest BCUT2D eigenvalue weighted by atomic mass is 10.4. The first-order chi connectivity index (χ1) is 4.81. The van der Waals surface area contributed by atoms with Crippen LogP contribution < -0.4 is 0 Å². The van der Waals surface area contributed by atoms with Gasteiger partial charge < -0.3 is 9.64 Å². The average molecular weight is 145 g/mol. The number of hydrogen-bond acceptors (Lipinski definition) is 2. The van der Waals surface area contributed by atoms with Crippen LogP contribution >= 0.6 is 0 Å². The fourth-order valence-corrected chi connectivity index (χ4v) is 0.739. The first-order valence-corrected chi connectivity index (χ1v) is 4.07. The van der Waals surface area contributed by atoms with Gasteiger partial charge in [0.25, 0.3) is 0 Å². The molecule has 0 N–H and O–H groups in total. The highest BCUT2D eigenvalue weighted by molar-refractivity contribution is 4.46. The van der Waals surface area contributed by atoms with E-state index in [9.17, 15) is 0 Å².